The molecule has 0 bridgehead atoms. The Kier molecular flexibility index (Phi) is 4.41. The van der Waals surface area contributed by atoms with Crippen molar-refractivity contribution in [3.8, 4) is 17.0 Å². The number of aromatic hydroxyl groups is 1. The molecule has 2 heterocycles. The summed E-state index contributed by atoms with van der Waals surface area (Å²) in [5.74, 6) is 1.22. The Morgan fingerprint density at radius 1 is 1.20 bits per heavy atom. The molecule has 0 aliphatic heterocycles. The molecule has 0 amide bonds. The lowest BCUT2D eigenvalue weighted by molar-refractivity contribution is 0.304. The summed E-state index contributed by atoms with van der Waals surface area (Å²) in [7, 11) is 1.84. The first kappa shape index (κ1) is 16.9. The number of hydrogen-bond donors (Lipinski definition) is 3. The van der Waals surface area contributed by atoms with Gasteiger partial charge in [0.1, 0.15) is 29.2 Å². The van der Waals surface area contributed by atoms with Crippen LogP contribution in [0.15, 0.2) is 24.5 Å². The lowest BCUT2D eigenvalue weighted by atomic mass is 9.97. The number of rotatable bonds is 4. The summed E-state index contributed by atoms with van der Waals surface area (Å²) < 4.78 is 0. The van der Waals surface area contributed by atoms with Gasteiger partial charge in [0.15, 0.2) is 0 Å². The van der Waals surface area contributed by atoms with Crippen LogP contribution in [-0.2, 0) is 0 Å². The minimum Gasteiger partial charge on any atom is -0.508 e. The molecule has 0 radical (unpaired) electrons. The number of nitrogens with zero attached hydrogens (tertiary/aromatic N) is 4. The summed E-state index contributed by atoms with van der Waals surface area (Å²) in [5.41, 5.74) is 9.85. The topological polar surface area (TPSA) is 108 Å². The van der Waals surface area contributed by atoms with Crippen LogP contribution in [0.2, 0.25) is 0 Å². The van der Waals surface area contributed by atoms with Gasteiger partial charge in [-0.15, -0.1) is 0 Å². The minimum atomic E-state index is 0.0104. The maximum absolute atomic E-state index is 10.1. The monoisotopic (exact) mass is 339 g/mol. The fourth-order valence-corrected chi connectivity index (χ4v) is 2.90. The SMILES string of the molecule is Cc1ccc(O)c(C)c1-c1nc(N(C)CCO)cc2c(N)ncnc12. The second kappa shape index (κ2) is 6.52. The first-order chi connectivity index (χ1) is 11.9. The van der Waals surface area contributed by atoms with Gasteiger partial charge in [-0.05, 0) is 31.5 Å². The van der Waals surface area contributed by atoms with Crippen LogP contribution in [0.4, 0.5) is 11.6 Å². The Morgan fingerprint density at radius 2 is 1.96 bits per heavy atom. The van der Waals surface area contributed by atoms with Crippen LogP contribution in [0.5, 0.6) is 5.75 Å². The Balaban J connectivity index is 2.38. The zero-order chi connectivity index (χ0) is 18.1. The number of nitrogens with two attached hydrogens (primary N) is 1. The highest BCUT2D eigenvalue weighted by molar-refractivity contribution is 5.99. The van der Waals surface area contributed by atoms with Crippen LogP contribution in [-0.4, -0.2) is 45.4 Å². The molecule has 0 atom stereocenters. The van der Waals surface area contributed by atoms with E-state index in [2.05, 4.69) is 9.97 Å². The summed E-state index contributed by atoms with van der Waals surface area (Å²) in [6, 6.07) is 5.33. The van der Waals surface area contributed by atoms with E-state index >= 15 is 0 Å². The van der Waals surface area contributed by atoms with Crippen LogP contribution < -0.4 is 10.6 Å². The molecular formula is C18H21N5O2. The highest BCUT2D eigenvalue weighted by Crippen LogP contribution is 2.37. The van der Waals surface area contributed by atoms with Crippen molar-refractivity contribution in [3.63, 3.8) is 0 Å². The molecule has 3 rings (SSSR count). The number of hydrogen-bond acceptors (Lipinski definition) is 7. The van der Waals surface area contributed by atoms with Crippen LogP contribution in [0.3, 0.4) is 0 Å². The molecular weight excluding hydrogens is 318 g/mol. The van der Waals surface area contributed by atoms with Crippen molar-refractivity contribution in [2.24, 2.45) is 0 Å². The van der Waals surface area contributed by atoms with Crippen LogP contribution in [0.25, 0.3) is 22.2 Å². The van der Waals surface area contributed by atoms with Gasteiger partial charge in [-0.2, -0.15) is 0 Å². The number of aliphatic hydroxyl groups is 1. The molecule has 4 N–H and O–H groups in total. The molecule has 0 spiro atoms. The number of fused-ring (bicyclic) bond motifs is 1. The highest BCUT2D eigenvalue weighted by atomic mass is 16.3. The molecule has 7 heteroatoms. The minimum absolute atomic E-state index is 0.0104. The molecule has 7 nitrogen and oxygen atoms in total. The predicted octanol–water partition coefficient (Wildman–Crippen LogP) is 2.02. The third kappa shape index (κ3) is 2.94. The van der Waals surface area contributed by atoms with Crippen molar-refractivity contribution >= 4 is 22.5 Å². The summed E-state index contributed by atoms with van der Waals surface area (Å²) in [6.45, 7) is 4.25. The number of pyridine rings is 1. The molecule has 2 aromatic heterocycles. The molecule has 0 fully saturated rings. The third-order valence-electron chi connectivity index (χ3n) is 4.35. The average molecular weight is 339 g/mol. The molecule has 0 aliphatic carbocycles. The van der Waals surface area contributed by atoms with Gasteiger partial charge >= 0.3 is 0 Å². The second-order valence-corrected chi connectivity index (χ2v) is 6.03. The maximum atomic E-state index is 10.1. The Morgan fingerprint density at radius 3 is 2.68 bits per heavy atom. The summed E-state index contributed by atoms with van der Waals surface area (Å²) in [5, 5.41) is 20.1. The molecule has 1 aromatic carbocycles. The number of aromatic nitrogens is 3. The van der Waals surface area contributed by atoms with Gasteiger partial charge in [0.25, 0.3) is 0 Å². The van der Waals surface area contributed by atoms with Crippen molar-refractivity contribution in [2.45, 2.75) is 13.8 Å². The Bertz CT molecular complexity index is 942. The fourth-order valence-electron chi connectivity index (χ4n) is 2.90. The molecule has 25 heavy (non-hydrogen) atoms. The number of anilines is 2. The predicted molar refractivity (Wildman–Crippen MR) is 98.7 cm³/mol. The van der Waals surface area contributed by atoms with E-state index in [1.54, 1.807) is 6.07 Å². The van der Waals surface area contributed by atoms with E-state index in [0.717, 1.165) is 16.7 Å². The first-order valence-electron chi connectivity index (χ1n) is 7.96. The highest BCUT2D eigenvalue weighted by Gasteiger charge is 2.18. The number of benzene rings is 1. The first-order valence-corrected chi connectivity index (χ1v) is 7.96. The van der Waals surface area contributed by atoms with Gasteiger partial charge in [-0.1, -0.05) is 6.07 Å². The van der Waals surface area contributed by atoms with Crippen molar-refractivity contribution in [1.82, 2.24) is 15.0 Å². The number of aliphatic hydroxyl groups excluding tert-OH is 1. The number of phenols is 1. The summed E-state index contributed by atoms with van der Waals surface area (Å²) in [4.78, 5) is 15.0. The van der Waals surface area contributed by atoms with Gasteiger partial charge in [0, 0.05) is 30.1 Å². The number of phenolic OH excluding ortho intramolecular Hbond substituents is 1. The summed E-state index contributed by atoms with van der Waals surface area (Å²) in [6.07, 6.45) is 1.41. The van der Waals surface area contributed by atoms with Crippen molar-refractivity contribution in [3.05, 3.63) is 35.7 Å². The van der Waals surface area contributed by atoms with E-state index in [-0.39, 0.29) is 12.4 Å². The second-order valence-electron chi connectivity index (χ2n) is 6.03. The Labute approximate surface area is 145 Å². The number of aryl methyl sites for hydroxylation is 1. The van der Waals surface area contributed by atoms with Crippen molar-refractivity contribution in [1.29, 1.82) is 0 Å². The zero-order valence-electron chi connectivity index (χ0n) is 14.5. The van der Waals surface area contributed by atoms with E-state index in [1.807, 2.05) is 37.9 Å². The van der Waals surface area contributed by atoms with Crippen LogP contribution in [0.1, 0.15) is 11.1 Å². The van der Waals surface area contributed by atoms with E-state index in [4.69, 9.17) is 10.7 Å². The lowest BCUT2D eigenvalue weighted by Gasteiger charge is -2.20. The van der Waals surface area contributed by atoms with Gasteiger partial charge < -0.3 is 20.8 Å². The molecule has 0 unspecified atom stereocenters. The molecule has 0 saturated heterocycles. The van der Waals surface area contributed by atoms with Crippen LogP contribution in [0, 0.1) is 13.8 Å². The fraction of sp³-hybridized carbons (Fsp3) is 0.278. The zero-order valence-corrected chi connectivity index (χ0v) is 14.5. The molecule has 130 valence electrons. The van der Waals surface area contributed by atoms with E-state index in [1.165, 1.54) is 6.33 Å². The lowest BCUT2D eigenvalue weighted by Crippen LogP contribution is -2.22. The van der Waals surface area contributed by atoms with Gasteiger partial charge in [-0.3, -0.25) is 0 Å². The maximum Gasteiger partial charge on any atom is 0.134 e. The van der Waals surface area contributed by atoms with Gasteiger partial charge in [-0.25, -0.2) is 15.0 Å². The van der Waals surface area contributed by atoms with Crippen LogP contribution >= 0.6 is 0 Å². The summed E-state index contributed by atoms with van der Waals surface area (Å²) >= 11 is 0. The number of likely N-dealkylation sites (N-methyl/N-ethyl adjacent to an activating group) is 1. The standard InChI is InChI=1S/C18H21N5O2/c1-10-4-5-13(25)11(2)15(10)17-16-12(18(19)21-9-20-16)8-14(22-17)23(3)6-7-24/h4-5,8-9,24-25H,6-7H2,1-3H3,(H2,19,20,21). The largest absolute Gasteiger partial charge is 0.508 e. The average Bonchev–Trinajstić information content (AvgIpc) is 2.59. The van der Waals surface area contributed by atoms with Crippen molar-refractivity contribution in [2.75, 3.05) is 30.8 Å². The molecule has 0 saturated carbocycles. The van der Waals surface area contributed by atoms with E-state index in [0.29, 0.717) is 34.8 Å². The third-order valence-corrected chi connectivity index (χ3v) is 4.35. The van der Waals surface area contributed by atoms with E-state index in [9.17, 15) is 10.2 Å². The van der Waals surface area contributed by atoms with Gasteiger partial charge in [0.2, 0.25) is 0 Å². The Hall–Kier alpha value is -2.93. The molecule has 0 aliphatic rings. The normalized spacial score (nSPS) is 11.0. The molecule has 3 aromatic rings. The smallest absolute Gasteiger partial charge is 0.134 e. The van der Waals surface area contributed by atoms with Crippen molar-refractivity contribution < 1.29 is 10.2 Å². The van der Waals surface area contributed by atoms with E-state index < -0.39 is 0 Å². The van der Waals surface area contributed by atoms with Gasteiger partial charge in [0.05, 0.1) is 12.3 Å². The number of nitrogen functional groups attached to an aromatic ring is 1. The quantitative estimate of drug-likeness (QED) is 0.667.